The van der Waals surface area contributed by atoms with Gasteiger partial charge in [0.15, 0.2) is 0 Å². The number of rotatable bonds is 4. The van der Waals surface area contributed by atoms with Crippen LogP contribution in [0.5, 0.6) is 0 Å². The first-order valence-corrected chi connectivity index (χ1v) is 7.19. The summed E-state index contributed by atoms with van der Waals surface area (Å²) in [7, 11) is 0. The number of benzene rings is 2. The normalized spacial score (nSPS) is 10.2. The fraction of sp³-hybridized carbons (Fsp3) is 0.0556. The maximum Gasteiger partial charge on any atom is 0.416 e. The number of nitriles is 2. The van der Waals surface area contributed by atoms with E-state index in [2.05, 4.69) is 10.6 Å². The highest BCUT2D eigenvalue weighted by Crippen LogP contribution is 2.30. The Morgan fingerprint density at radius 3 is 2.23 bits per heavy atom. The number of allylic oxidation sites excluding steroid dienone is 1. The molecule has 0 aromatic heterocycles. The summed E-state index contributed by atoms with van der Waals surface area (Å²) < 4.78 is 38.1. The van der Waals surface area contributed by atoms with E-state index in [1.165, 1.54) is 42.6 Å². The van der Waals surface area contributed by atoms with Crippen molar-refractivity contribution in [1.82, 2.24) is 0 Å². The lowest BCUT2D eigenvalue weighted by Crippen LogP contribution is -2.13. The van der Waals surface area contributed by atoms with Gasteiger partial charge in [-0.2, -0.15) is 23.7 Å². The van der Waals surface area contributed by atoms with Crippen molar-refractivity contribution in [3.05, 3.63) is 71.4 Å². The van der Waals surface area contributed by atoms with E-state index in [9.17, 15) is 18.0 Å². The SMILES string of the molecule is N#CC(C#N)=CNc1ccc(C(=O)Nc2cccc(C(F)(F)F)c2)cc1. The molecule has 2 aromatic rings. The Morgan fingerprint density at radius 1 is 1.00 bits per heavy atom. The molecule has 0 heterocycles. The van der Waals surface area contributed by atoms with Gasteiger partial charge in [0.05, 0.1) is 5.56 Å². The molecule has 2 N–H and O–H groups in total. The fourth-order valence-corrected chi connectivity index (χ4v) is 1.94. The molecule has 26 heavy (non-hydrogen) atoms. The third-order valence-corrected chi connectivity index (χ3v) is 3.22. The standard InChI is InChI=1S/C18H11F3N4O/c19-18(20,21)14-2-1-3-16(8-14)25-17(26)13-4-6-15(7-5-13)24-11-12(9-22)10-23/h1-8,11,24H,(H,25,26). The first-order valence-electron chi connectivity index (χ1n) is 7.19. The number of hydrogen-bond donors (Lipinski definition) is 2. The van der Waals surface area contributed by atoms with E-state index >= 15 is 0 Å². The molecular formula is C18H11F3N4O. The van der Waals surface area contributed by atoms with E-state index in [-0.39, 0.29) is 16.8 Å². The fourth-order valence-electron chi connectivity index (χ4n) is 1.94. The summed E-state index contributed by atoms with van der Waals surface area (Å²) in [6.07, 6.45) is -3.27. The Kier molecular flexibility index (Phi) is 5.61. The molecule has 0 fully saturated rings. The molecule has 1 amide bonds. The summed E-state index contributed by atoms with van der Waals surface area (Å²) in [5.41, 5.74) is -0.173. The maximum absolute atomic E-state index is 12.7. The van der Waals surface area contributed by atoms with Gasteiger partial charge in [0.25, 0.3) is 5.91 Å². The van der Waals surface area contributed by atoms with Crippen LogP contribution in [-0.2, 0) is 6.18 Å². The van der Waals surface area contributed by atoms with Crippen LogP contribution in [0, 0.1) is 22.7 Å². The minimum absolute atomic E-state index is 0.0302. The topological polar surface area (TPSA) is 88.7 Å². The summed E-state index contributed by atoms with van der Waals surface area (Å²) in [5.74, 6) is -0.568. The molecule has 2 rings (SSSR count). The summed E-state index contributed by atoms with van der Waals surface area (Å²) in [6.45, 7) is 0. The summed E-state index contributed by atoms with van der Waals surface area (Å²) in [5, 5.41) is 22.4. The third kappa shape index (κ3) is 4.86. The zero-order valence-corrected chi connectivity index (χ0v) is 13.1. The highest BCUT2D eigenvalue weighted by atomic mass is 19.4. The zero-order chi connectivity index (χ0) is 19.2. The lowest BCUT2D eigenvalue weighted by atomic mass is 10.1. The molecule has 0 radical (unpaired) electrons. The van der Waals surface area contributed by atoms with Gasteiger partial charge in [-0.05, 0) is 42.5 Å². The molecule has 0 aliphatic carbocycles. The molecule has 0 aliphatic heterocycles. The van der Waals surface area contributed by atoms with Crippen molar-refractivity contribution in [3.63, 3.8) is 0 Å². The molecular weight excluding hydrogens is 345 g/mol. The van der Waals surface area contributed by atoms with E-state index in [1.807, 2.05) is 0 Å². The third-order valence-electron chi connectivity index (χ3n) is 3.22. The van der Waals surface area contributed by atoms with Gasteiger partial charge >= 0.3 is 6.18 Å². The smallest absolute Gasteiger partial charge is 0.360 e. The van der Waals surface area contributed by atoms with Gasteiger partial charge in [0.1, 0.15) is 17.7 Å². The number of halogens is 3. The Hall–Kier alpha value is -3.78. The van der Waals surface area contributed by atoms with E-state index < -0.39 is 17.6 Å². The largest absolute Gasteiger partial charge is 0.416 e. The lowest BCUT2D eigenvalue weighted by molar-refractivity contribution is -0.137. The first kappa shape index (κ1) is 18.6. The quantitative estimate of drug-likeness (QED) is 0.800. The Balaban J connectivity index is 2.08. The minimum Gasteiger partial charge on any atom is -0.360 e. The number of alkyl halides is 3. The monoisotopic (exact) mass is 356 g/mol. The van der Waals surface area contributed by atoms with Crippen molar-refractivity contribution >= 4 is 17.3 Å². The van der Waals surface area contributed by atoms with E-state index in [1.54, 1.807) is 12.1 Å². The second-order valence-corrected chi connectivity index (χ2v) is 5.04. The summed E-state index contributed by atoms with van der Waals surface area (Å²) >= 11 is 0. The number of carbonyl (C=O) groups is 1. The van der Waals surface area contributed by atoms with Gasteiger partial charge in [0, 0.05) is 23.1 Å². The first-order chi connectivity index (χ1) is 12.3. The van der Waals surface area contributed by atoms with Crippen LogP contribution in [-0.4, -0.2) is 5.91 Å². The molecule has 0 saturated carbocycles. The highest BCUT2D eigenvalue weighted by molar-refractivity contribution is 6.04. The number of anilines is 2. The number of nitrogens with zero attached hydrogens (tertiary/aromatic N) is 2. The van der Waals surface area contributed by atoms with Gasteiger partial charge in [-0.15, -0.1) is 0 Å². The van der Waals surface area contributed by atoms with Crippen LogP contribution in [0.15, 0.2) is 60.3 Å². The van der Waals surface area contributed by atoms with Crippen LogP contribution in [0.2, 0.25) is 0 Å². The van der Waals surface area contributed by atoms with Crippen molar-refractivity contribution in [1.29, 1.82) is 10.5 Å². The van der Waals surface area contributed by atoms with Crippen molar-refractivity contribution in [2.75, 3.05) is 10.6 Å². The van der Waals surface area contributed by atoms with Crippen LogP contribution >= 0.6 is 0 Å². The number of hydrogen-bond acceptors (Lipinski definition) is 4. The van der Waals surface area contributed by atoms with E-state index in [0.29, 0.717) is 5.69 Å². The van der Waals surface area contributed by atoms with E-state index in [4.69, 9.17) is 10.5 Å². The molecule has 0 unspecified atom stereocenters. The predicted molar refractivity (Wildman–Crippen MR) is 88.8 cm³/mol. The van der Waals surface area contributed by atoms with Crippen LogP contribution in [0.1, 0.15) is 15.9 Å². The lowest BCUT2D eigenvalue weighted by Gasteiger charge is -2.10. The predicted octanol–water partition coefficient (Wildman–Crippen LogP) is 4.30. The van der Waals surface area contributed by atoms with E-state index in [0.717, 1.165) is 12.1 Å². The van der Waals surface area contributed by atoms with Gasteiger partial charge in [-0.25, -0.2) is 0 Å². The molecule has 130 valence electrons. The molecule has 5 nitrogen and oxygen atoms in total. The molecule has 0 spiro atoms. The molecule has 2 aromatic carbocycles. The van der Waals surface area contributed by atoms with Crippen molar-refractivity contribution in [2.24, 2.45) is 0 Å². The van der Waals surface area contributed by atoms with Crippen LogP contribution < -0.4 is 10.6 Å². The second-order valence-electron chi connectivity index (χ2n) is 5.04. The highest BCUT2D eigenvalue weighted by Gasteiger charge is 2.30. The molecule has 0 aliphatic rings. The number of carbonyl (C=O) groups excluding carboxylic acids is 1. The summed E-state index contributed by atoms with van der Waals surface area (Å²) in [4.78, 5) is 12.1. The minimum atomic E-state index is -4.49. The molecule has 8 heteroatoms. The van der Waals surface area contributed by atoms with Crippen LogP contribution in [0.3, 0.4) is 0 Å². The average molecular weight is 356 g/mol. The molecule has 0 saturated heterocycles. The van der Waals surface area contributed by atoms with Gasteiger partial charge < -0.3 is 10.6 Å². The zero-order valence-electron chi connectivity index (χ0n) is 13.1. The van der Waals surface area contributed by atoms with Crippen LogP contribution in [0.4, 0.5) is 24.5 Å². The average Bonchev–Trinajstić information content (AvgIpc) is 2.62. The van der Waals surface area contributed by atoms with Gasteiger partial charge in [0.2, 0.25) is 0 Å². The Morgan fingerprint density at radius 2 is 1.65 bits per heavy atom. The van der Waals surface area contributed by atoms with Crippen LogP contribution in [0.25, 0.3) is 0 Å². The Labute approximate surface area is 147 Å². The maximum atomic E-state index is 12.7. The van der Waals surface area contributed by atoms with Gasteiger partial charge in [-0.1, -0.05) is 6.07 Å². The number of nitrogens with one attached hydrogen (secondary N) is 2. The van der Waals surface area contributed by atoms with Crippen molar-refractivity contribution < 1.29 is 18.0 Å². The van der Waals surface area contributed by atoms with Gasteiger partial charge in [-0.3, -0.25) is 4.79 Å². The second kappa shape index (κ2) is 7.86. The Bertz CT molecular complexity index is 903. The molecule has 0 bridgehead atoms. The number of amides is 1. The van der Waals surface area contributed by atoms with Crippen molar-refractivity contribution in [2.45, 2.75) is 6.18 Å². The summed E-state index contributed by atoms with van der Waals surface area (Å²) in [6, 6.07) is 13.7. The van der Waals surface area contributed by atoms with Crippen molar-refractivity contribution in [3.8, 4) is 12.1 Å². The molecule has 0 atom stereocenters.